The summed E-state index contributed by atoms with van der Waals surface area (Å²) in [5.41, 5.74) is 0.344. The van der Waals surface area contributed by atoms with E-state index in [9.17, 15) is 19.6 Å². The summed E-state index contributed by atoms with van der Waals surface area (Å²) >= 11 is 0. The smallest absolute Gasteiger partial charge is 0.271 e. The fraction of sp³-hybridized carbons (Fsp3) is 0.500. The summed E-state index contributed by atoms with van der Waals surface area (Å²) in [7, 11) is 1.59. The number of hydrogen-bond donors (Lipinski definition) is 3. The van der Waals surface area contributed by atoms with E-state index < -0.39 is 11.6 Å². The van der Waals surface area contributed by atoms with Crippen LogP contribution in [0.5, 0.6) is 5.75 Å². The molecule has 1 aromatic carbocycles. The normalized spacial score (nSPS) is 31.9. The van der Waals surface area contributed by atoms with Crippen molar-refractivity contribution in [3.8, 4) is 11.8 Å². The molecular weight excluding hydrogens is 422 g/mol. The number of amides is 3. The summed E-state index contributed by atoms with van der Waals surface area (Å²) in [6, 6.07) is 8.74. The Balaban J connectivity index is 1.25. The predicted molar refractivity (Wildman–Crippen MR) is 117 cm³/mol. The lowest BCUT2D eigenvalue weighted by Crippen LogP contribution is -2.55. The summed E-state index contributed by atoms with van der Waals surface area (Å²) in [5.74, 6) is 0.510. The highest BCUT2D eigenvalue weighted by molar-refractivity contribution is 6.05. The highest BCUT2D eigenvalue weighted by Crippen LogP contribution is 2.74. The molecule has 1 unspecified atom stereocenters. The van der Waals surface area contributed by atoms with Gasteiger partial charge in [-0.3, -0.25) is 14.4 Å². The van der Waals surface area contributed by atoms with Crippen molar-refractivity contribution in [1.29, 1.82) is 5.26 Å². The molecule has 2 aliphatic carbocycles. The molecule has 2 aliphatic heterocycles. The van der Waals surface area contributed by atoms with E-state index in [-0.39, 0.29) is 35.5 Å². The van der Waals surface area contributed by atoms with Crippen LogP contribution in [-0.2, 0) is 9.59 Å². The molecule has 0 bridgehead atoms. The number of nitrogens with one attached hydrogen (secondary N) is 3. The molecule has 0 radical (unpaired) electrons. The number of rotatable bonds is 6. The second-order valence-corrected chi connectivity index (χ2v) is 9.64. The quantitative estimate of drug-likeness (QED) is 0.613. The molecule has 1 aromatic heterocycles. The standard InChI is InChI=1S/C24H25N5O4/c1-33-19-4-2-3-17-15(19)9-18(28-17)22(31)29-11-13-8-16-20(13)24(16,29)23(32)27-14(10-25)7-12-5-6-26-21(12)30/h2-4,9,12-14,16,20,28H,5-8,11H2,1H3,(H,26,30)(H,27,32)/t12-,13-,14-,16?,20+,24-/m0/s1. The van der Waals surface area contributed by atoms with Gasteiger partial charge in [0.2, 0.25) is 11.8 Å². The number of likely N-dealkylation sites (tertiary alicyclic amines) is 1. The second kappa shape index (κ2) is 6.98. The average Bonchev–Trinajstić information content (AvgIpc) is 3.21. The largest absolute Gasteiger partial charge is 0.496 e. The first kappa shape index (κ1) is 20.1. The van der Waals surface area contributed by atoms with Gasteiger partial charge in [-0.2, -0.15) is 5.26 Å². The number of nitriles is 1. The maximum atomic E-state index is 13.6. The van der Waals surface area contributed by atoms with E-state index in [1.165, 1.54) is 0 Å². The number of aromatic amines is 1. The summed E-state index contributed by atoms with van der Waals surface area (Å²) < 4.78 is 5.41. The van der Waals surface area contributed by atoms with Crippen molar-refractivity contribution < 1.29 is 19.1 Å². The van der Waals surface area contributed by atoms with Crippen LogP contribution in [0.15, 0.2) is 24.3 Å². The van der Waals surface area contributed by atoms with Crippen molar-refractivity contribution in [3.05, 3.63) is 30.0 Å². The molecule has 0 spiro atoms. The molecule has 3 amide bonds. The number of methoxy groups -OCH3 is 1. The van der Waals surface area contributed by atoms with E-state index in [2.05, 4.69) is 21.7 Å². The Labute approximate surface area is 190 Å². The lowest BCUT2D eigenvalue weighted by atomic mass is 9.85. The van der Waals surface area contributed by atoms with Crippen molar-refractivity contribution in [2.75, 3.05) is 20.2 Å². The summed E-state index contributed by atoms with van der Waals surface area (Å²) in [4.78, 5) is 43.9. The fourth-order valence-corrected chi connectivity index (χ4v) is 6.55. The van der Waals surface area contributed by atoms with Gasteiger partial charge in [0.05, 0.1) is 13.2 Å². The number of hydrogen-bond acceptors (Lipinski definition) is 5. The molecule has 3 heterocycles. The molecule has 2 saturated heterocycles. The summed E-state index contributed by atoms with van der Waals surface area (Å²) in [6.07, 6.45) is 1.89. The Morgan fingerprint density at radius 3 is 2.97 bits per heavy atom. The van der Waals surface area contributed by atoms with Gasteiger partial charge in [-0.05, 0) is 49.3 Å². The van der Waals surface area contributed by atoms with Crippen LogP contribution in [-0.4, -0.2) is 59.4 Å². The van der Waals surface area contributed by atoms with Gasteiger partial charge in [-0.1, -0.05) is 6.07 Å². The fourth-order valence-electron chi connectivity index (χ4n) is 6.55. The molecule has 4 aliphatic rings. The first-order chi connectivity index (χ1) is 16.0. The Morgan fingerprint density at radius 1 is 1.42 bits per heavy atom. The van der Waals surface area contributed by atoms with E-state index >= 15 is 0 Å². The van der Waals surface area contributed by atoms with E-state index in [0.717, 1.165) is 17.3 Å². The zero-order valence-corrected chi connectivity index (χ0v) is 18.3. The van der Waals surface area contributed by atoms with Gasteiger partial charge in [0.1, 0.15) is 23.0 Å². The lowest BCUT2D eigenvalue weighted by molar-refractivity contribution is -0.128. The van der Waals surface area contributed by atoms with Crippen LogP contribution in [0.3, 0.4) is 0 Å². The van der Waals surface area contributed by atoms with Crippen LogP contribution >= 0.6 is 0 Å². The van der Waals surface area contributed by atoms with Crippen LogP contribution in [0.4, 0.5) is 0 Å². The van der Waals surface area contributed by atoms with Crippen molar-refractivity contribution in [1.82, 2.24) is 20.5 Å². The minimum Gasteiger partial charge on any atom is -0.496 e. The summed E-state index contributed by atoms with van der Waals surface area (Å²) in [5, 5.41) is 16.1. The van der Waals surface area contributed by atoms with Gasteiger partial charge in [0, 0.05) is 35.8 Å². The zero-order valence-electron chi connectivity index (χ0n) is 18.3. The number of nitrogens with zero attached hydrogens (tertiary/aromatic N) is 2. The number of fused-ring (bicyclic) bond motifs is 2. The highest BCUT2D eigenvalue weighted by Gasteiger charge is 2.85. The van der Waals surface area contributed by atoms with Gasteiger partial charge < -0.3 is 25.3 Å². The van der Waals surface area contributed by atoms with E-state index in [4.69, 9.17) is 4.74 Å². The van der Waals surface area contributed by atoms with Gasteiger partial charge >= 0.3 is 0 Å². The zero-order chi connectivity index (χ0) is 22.9. The molecule has 6 rings (SSSR count). The molecule has 170 valence electrons. The van der Waals surface area contributed by atoms with Crippen molar-refractivity contribution in [3.63, 3.8) is 0 Å². The van der Waals surface area contributed by atoms with E-state index in [1.54, 1.807) is 18.1 Å². The molecule has 6 atom stereocenters. The Bertz CT molecular complexity index is 1230. The number of ether oxygens (including phenoxy) is 1. The number of piperidine rings is 2. The summed E-state index contributed by atoms with van der Waals surface area (Å²) in [6.45, 7) is 1.14. The van der Waals surface area contributed by atoms with Gasteiger partial charge in [-0.25, -0.2) is 0 Å². The lowest BCUT2D eigenvalue weighted by Gasteiger charge is -2.35. The first-order valence-electron chi connectivity index (χ1n) is 11.4. The molecule has 2 saturated carbocycles. The third kappa shape index (κ3) is 2.67. The Kier molecular flexibility index (Phi) is 4.25. The van der Waals surface area contributed by atoms with Crippen LogP contribution in [0.2, 0.25) is 0 Å². The third-order valence-electron chi connectivity index (χ3n) is 8.15. The Hall–Kier alpha value is -3.54. The third-order valence-corrected chi connectivity index (χ3v) is 8.15. The minimum atomic E-state index is -0.879. The predicted octanol–water partition coefficient (Wildman–Crippen LogP) is 1.17. The van der Waals surface area contributed by atoms with Crippen molar-refractivity contribution in [2.24, 2.45) is 23.7 Å². The molecule has 9 heteroatoms. The minimum absolute atomic E-state index is 0.0684. The van der Waals surface area contributed by atoms with E-state index in [1.807, 2.05) is 18.2 Å². The second-order valence-electron chi connectivity index (χ2n) is 9.64. The van der Waals surface area contributed by atoms with Gasteiger partial charge in [0.15, 0.2) is 0 Å². The molecule has 33 heavy (non-hydrogen) atoms. The topological polar surface area (TPSA) is 127 Å². The molecule has 9 nitrogen and oxygen atoms in total. The first-order valence-corrected chi connectivity index (χ1v) is 11.4. The molecule has 2 aromatic rings. The maximum Gasteiger partial charge on any atom is 0.271 e. The Morgan fingerprint density at radius 2 is 2.27 bits per heavy atom. The number of aromatic nitrogens is 1. The monoisotopic (exact) mass is 447 g/mol. The molecule has 4 fully saturated rings. The van der Waals surface area contributed by atoms with Crippen molar-refractivity contribution >= 4 is 28.6 Å². The maximum absolute atomic E-state index is 13.6. The van der Waals surface area contributed by atoms with Crippen LogP contribution < -0.4 is 15.4 Å². The number of H-pyrrole nitrogens is 1. The van der Waals surface area contributed by atoms with E-state index in [0.29, 0.717) is 43.3 Å². The highest BCUT2D eigenvalue weighted by atomic mass is 16.5. The molecule has 3 N–H and O–H groups in total. The molecular formula is C24H25N5O4. The van der Waals surface area contributed by atoms with Crippen LogP contribution in [0.1, 0.15) is 29.8 Å². The van der Waals surface area contributed by atoms with Crippen LogP contribution in [0, 0.1) is 35.0 Å². The van der Waals surface area contributed by atoms with Crippen LogP contribution in [0.25, 0.3) is 10.9 Å². The number of carbonyl (C=O) groups excluding carboxylic acids is 3. The SMILES string of the molecule is COc1cccc2[nH]c(C(=O)N3C[C@@H]4CC5[C@@H]4[C@]53C(=O)N[C@H](C#N)C[C@@H]3CCNC3=O)cc12. The number of carbonyl (C=O) groups is 3. The number of benzene rings is 1. The van der Waals surface area contributed by atoms with Gasteiger partial charge in [0.25, 0.3) is 5.91 Å². The van der Waals surface area contributed by atoms with Crippen molar-refractivity contribution in [2.45, 2.75) is 30.8 Å². The average molecular weight is 447 g/mol. The van der Waals surface area contributed by atoms with Gasteiger partial charge in [-0.15, -0.1) is 0 Å².